The molecule has 62 heavy (non-hydrogen) atoms. The van der Waals surface area contributed by atoms with Gasteiger partial charge in [-0.15, -0.1) is 0 Å². The van der Waals surface area contributed by atoms with Crippen LogP contribution in [0.15, 0.2) is 182 Å². The monoisotopic (exact) mass is 822 g/mol. The van der Waals surface area contributed by atoms with E-state index < -0.39 is 0 Å². The molecule has 0 saturated carbocycles. The summed E-state index contributed by atoms with van der Waals surface area (Å²) in [6.07, 6.45) is 5.00. The first-order chi connectivity index (χ1) is 30.1. The Morgan fingerprint density at radius 2 is 0.758 bits per heavy atom. The minimum Gasteiger partial charge on any atom is -0.488 e. The molecular weight excluding hydrogens is 765 g/mol. The van der Waals surface area contributed by atoms with Gasteiger partial charge in [0.1, 0.15) is 34.2 Å². The van der Waals surface area contributed by atoms with Crippen molar-refractivity contribution < 1.29 is 19.0 Å². The number of carbonyl (C=O) groups excluding carboxylic acids is 1. The maximum Gasteiger partial charge on any atom is 0.193 e. The van der Waals surface area contributed by atoms with Crippen molar-refractivity contribution in [2.75, 3.05) is 9.80 Å². The summed E-state index contributed by atoms with van der Waals surface area (Å²) in [4.78, 5) is 17.9. The van der Waals surface area contributed by atoms with E-state index in [1.54, 1.807) is 0 Å². The van der Waals surface area contributed by atoms with Gasteiger partial charge in [-0.25, -0.2) is 0 Å². The molecule has 0 fully saturated rings. The standard InChI is InChI=1S/C56H58N2O4/c1-7-40-55(4,5)61-52-38-30-49(31-39-52)58(45-18-14-11-15-19-45)47-26-24-46(25-27-47)57(44-16-12-10-13-17-44)48-28-36-51(37-29-48)60-50-32-20-42(21-33-50)54(59)43-22-34-53(35-23-43)62-56(6,9-3)41-8-2/h10-39H,7-9,40-41H2,1-6H3. The predicted octanol–water partition coefficient (Wildman–Crippen LogP) is 16.0. The molecule has 6 nitrogen and oxygen atoms in total. The summed E-state index contributed by atoms with van der Waals surface area (Å²) in [5.74, 6) is 2.93. The van der Waals surface area contributed by atoms with Crippen LogP contribution in [-0.4, -0.2) is 17.0 Å². The molecule has 0 radical (unpaired) electrons. The number of hydrogen-bond donors (Lipinski definition) is 0. The first-order valence-electron chi connectivity index (χ1n) is 21.9. The topological polar surface area (TPSA) is 51.2 Å². The molecule has 0 amide bonds. The number of anilines is 6. The number of ether oxygens (including phenoxy) is 3. The molecule has 316 valence electrons. The van der Waals surface area contributed by atoms with E-state index in [0.29, 0.717) is 22.6 Å². The van der Waals surface area contributed by atoms with Crippen molar-refractivity contribution in [2.45, 2.75) is 84.8 Å². The van der Waals surface area contributed by atoms with Gasteiger partial charge >= 0.3 is 0 Å². The summed E-state index contributed by atoms with van der Waals surface area (Å²) in [6, 6.07) is 60.6. The Morgan fingerprint density at radius 3 is 1.16 bits per heavy atom. The van der Waals surface area contributed by atoms with Gasteiger partial charge in [0.15, 0.2) is 5.78 Å². The van der Waals surface area contributed by atoms with Crippen molar-refractivity contribution in [3.8, 4) is 23.0 Å². The van der Waals surface area contributed by atoms with E-state index in [0.717, 1.165) is 77.7 Å². The van der Waals surface area contributed by atoms with Gasteiger partial charge in [0.05, 0.1) is 0 Å². The Balaban J connectivity index is 1.07. The Bertz CT molecular complexity index is 2470. The van der Waals surface area contributed by atoms with Gasteiger partial charge in [0, 0.05) is 45.3 Å². The molecule has 0 saturated heterocycles. The third-order valence-corrected chi connectivity index (χ3v) is 11.2. The molecule has 0 spiro atoms. The van der Waals surface area contributed by atoms with E-state index in [2.05, 4.69) is 161 Å². The Labute approximate surface area is 368 Å². The lowest BCUT2D eigenvalue weighted by Crippen LogP contribution is -2.31. The van der Waals surface area contributed by atoms with Crippen molar-refractivity contribution in [3.63, 3.8) is 0 Å². The smallest absolute Gasteiger partial charge is 0.193 e. The predicted molar refractivity (Wildman–Crippen MR) is 256 cm³/mol. The highest BCUT2D eigenvalue weighted by Crippen LogP contribution is 2.40. The molecule has 1 unspecified atom stereocenters. The van der Waals surface area contributed by atoms with Crippen molar-refractivity contribution in [2.24, 2.45) is 0 Å². The van der Waals surface area contributed by atoms with Gasteiger partial charge in [-0.3, -0.25) is 4.79 Å². The van der Waals surface area contributed by atoms with Gasteiger partial charge in [0.25, 0.3) is 0 Å². The highest BCUT2D eigenvalue weighted by atomic mass is 16.5. The minimum atomic E-state index is -0.227. The molecule has 0 aliphatic carbocycles. The molecular formula is C56H58N2O4. The molecule has 0 bridgehead atoms. The zero-order valence-electron chi connectivity index (χ0n) is 36.9. The average Bonchev–Trinajstić information content (AvgIpc) is 3.29. The van der Waals surface area contributed by atoms with Crippen molar-refractivity contribution in [1.29, 1.82) is 0 Å². The average molecular weight is 823 g/mol. The molecule has 7 aromatic carbocycles. The number of hydrogen-bond acceptors (Lipinski definition) is 6. The van der Waals surface area contributed by atoms with Crippen LogP contribution in [-0.2, 0) is 0 Å². The fourth-order valence-corrected chi connectivity index (χ4v) is 7.86. The normalized spacial score (nSPS) is 12.2. The third kappa shape index (κ3) is 10.7. The second-order valence-electron chi connectivity index (χ2n) is 16.6. The summed E-state index contributed by atoms with van der Waals surface area (Å²) in [7, 11) is 0. The molecule has 7 aromatic rings. The summed E-state index contributed by atoms with van der Waals surface area (Å²) < 4.78 is 18.9. The Kier molecular flexibility index (Phi) is 13.8. The summed E-state index contributed by atoms with van der Waals surface area (Å²) >= 11 is 0. The first-order valence-corrected chi connectivity index (χ1v) is 21.9. The third-order valence-electron chi connectivity index (χ3n) is 11.2. The number of ketones is 1. The van der Waals surface area contributed by atoms with E-state index in [1.165, 1.54) is 0 Å². The highest BCUT2D eigenvalue weighted by molar-refractivity contribution is 6.09. The molecule has 1 atom stereocenters. The second kappa shape index (κ2) is 19.7. The SMILES string of the molecule is CCCC(C)(C)Oc1ccc(N(c2ccccc2)c2ccc(N(c3ccccc3)c3ccc(Oc4ccc(C(=O)c5ccc(OC(C)(CC)CCC)cc5)cc4)cc3)cc2)cc1. The zero-order chi connectivity index (χ0) is 43.5. The number of rotatable bonds is 19. The lowest BCUT2D eigenvalue weighted by atomic mass is 9.97. The molecule has 0 N–H and O–H groups in total. The van der Waals surface area contributed by atoms with Gasteiger partial charge in [-0.05, 0) is 186 Å². The lowest BCUT2D eigenvalue weighted by molar-refractivity contribution is 0.0741. The quantitative estimate of drug-likeness (QED) is 0.0757. The first kappa shape index (κ1) is 43.3. The number of para-hydroxylation sites is 2. The zero-order valence-corrected chi connectivity index (χ0v) is 36.9. The van der Waals surface area contributed by atoms with Gasteiger partial charge in [0.2, 0.25) is 0 Å². The van der Waals surface area contributed by atoms with Crippen LogP contribution in [0, 0.1) is 0 Å². The molecule has 7 rings (SSSR count). The van der Waals surface area contributed by atoms with Gasteiger partial charge < -0.3 is 24.0 Å². The van der Waals surface area contributed by atoms with Crippen LogP contribution in [0.5, 0.6) is 23.0 Å². The van der Waals surface area contributed by atoms with Crippen LogP contribution in [0.3, 0.4) is 0 Å². The summed E-state index contributed by atoms with van der Waals surface area (Å²) in [5, 5.41) is 0. The van der Waals surface area contributed by atoms with Gasteiger partial charge in [-0.1, -0.05) is 70.0 Å². The van der Waals surface area contributed by atoms with E-state index >= 15 is 0 Å². The van der Waals surface area contributed by atoms with E-state index in [-0.39, 0.29) is 17.0 Å². The Hall–Kier alpha value is -6.79. The summed E-state index contributed by atoms with van der Waals surface area (Å²) in [6.45, 7) is 12.9. The summed E-state index contributed by atoms with van der Waals surface area (Å²) in [5.41, 5.74) is 6.95. The van der Waals surface area contributed by atoms with E-state index in [4.69, 9.17) is 14.2 Å². The van der Waals surface area contributed by atoms with Crippen molar-refractivity contribution in [1.82, 2.24) is 0 Å². The number of benzene rings is 7. The van der Waals surface area contributed by atoms with Crippen LogP contribution in [0.2, 0.25) is 0 Å². The molecule has 0 aliphatic heterocycles. The van der Waals surface area contributed by atoms with Crippen LogP contribution >= 0.6 is 0 Å². The van der Waals surface area contributed by atoms with Crippen molar-refractivity contribution in [3.05, 3.63) is 193 Å². The molecule has 0 heterocycles. The second-order valence-corrected chi connectivity index (χ2v) is 16.6. The molecule has 0 aliphatic rings. The van der Waals surface area contributed by atoms with Crippen molar-refractivity contribution >= 4 is 39.9 Å². The minimum absolute atomic E-state index is 0.0489. The fourth-order valence-electron chi connectivity index (χ4n) is 7.86. The maximum absolute atomic E-state index is 13.4. The lowest BCUT2D eigenvalue weighted by Gasteiger charge is -2.29. The number of nitrogens with zero attached hydrogens (tertiary/aromatic N) is 2. The van der Waals surface area contributed by atoms with Crippen LogP contribution in [0.4, 0.5) is 34.1 Å². The fraction of sp³-hybridized carbons (Fsp3) is 0.232. The Morgan fingerprint density at radius 1 is 0.419 bits per heavy atom. The van der Waals surface area contributed by atoms with Crippen LogP contribution in [0.1, 0.15) is 89.6 Å². The maximum atomic E-state index is 13.4. The van der Waals surface area contributed by atoms with E-state index in [1.807, 2.05) is 72.8 Å². The molecule has 6 heteroatoms. The number of carbonyl (C=O) groups is 1. The largest absolute Gasteiger partial charge is 0.488 e. The highest BCUT2D eigenvalue weighted by Gasteiger charge is 2.24. The molecule has 0 aromatic heterocycles. The van der Waals surface area contributed by atoms with Crippen LogP contribution in [0.25, 0.3) is 0 Å². The van der Waals surface area contributed by atoms with Crippen LogP contribution < -0.4 is 24.0 Å². The van der Waals surface area contributed by atoms with Gasteiger partial charge in [-0.2, -0.15) is 0 Å². The van der Waals surface area contributed by atoms with E-state index in [9.17, 15) is 4.79 Å².